The molecule has 0 aromatic carbocycles. The Balaban J connectivity index is 1.48. The third-order valence-electron chi connectivity index (χ3n) is 4.02. The average Bonchev–Trinajstić information content (AvgIpc) is 3.05. The van der Waals surface area contributed by atoms with Crippen molar-refractivity contribution in [1.29, 1.82) is 0 Å². The van der Waals surface area contributed by atoms with Crippen LogP contribution in [0.3, 0.4) is 0 Å². The maximum atomic E-state index is 11.9. The molecule has 2 N–H and O–H groups in total. The second kappa shape index (κ2) is 15.1. The summed E-state index contributed by atoms with van der Waals surface area (Å²) in [6.45, 7) is 0.501. The van der Waals surface area contributed by atoms with Crippen LogP contribution < -0.4 is 5.32 Å². The second-order valence-electron chi connectivity index (χ2n) is 6.41. The molecule has 32 heavy (non-hydrogen) atoms. The smallest absolute Gasteiger partial charge is 0.333 e. The van der Waals surface area contributed by atoms with Crippen molar-refractivity contribution in [3.05, 3.63) is 24.4 Å². The van der Waals surface area contributed by atoms with Gasteiger partial charge in [0.05, 0.1) is 6.42 Å². The fourth-order valence-electron chi connectivity index (χ4n) is 2.49. The van der Waals surface area contributed by atoms with Crippen LogP contribution in [0.5, 0.6) is 0 Å². The van der Waals surface area contributed by atoms with Crippen molar-refractivity contribution in [3.63, 3.8) is 0 Å². The van der Waals surface area contributed by atoms with E-state index in [9.17, 15) is 19.2 Å². The van der Waals surface area contributed by atoms with Crippen LogP contribution in [-0.4, -0.2) is 56.5 Å². The molecule has 1 fully saturated rings. The maximum Gasteiger partial charge on any atom is 0.333 e. The zero-order valence-corrected chi connectivity index (χ0v) is 19.4. The lowest BCUT2D eigenvalue weighted by Crippen LogP contribution is -2.34. The largest absolute Gasteiger partial charge is 0.356 e. The summed E-state index contributed by atoms with van der Waals surface area (Å²) < 4.78 is 4.15. The molecule has 1 aromatic rings. The quantitative estimate of drug-likeness (QED) is 0.0902. The number of imide groups is 1. The Hall–Kier alpha value is -1.84. The van der Waals surface area contributed by atoms with E-state index in [1.165, 1.54) is 10.8 Å². The van der Waals surface area contributed by atoms with E-state index in [1.807, 2.05) is 18.2 Å². The van der Waals surface area contributed by atoms with E-state index in [0.717, 1.165) is 5.03 Å². The zero-order chi connectivity index (χ0) is 23.2. The first-order valence-corrected chi connectivity index (χ1v) is 12.8. The predicted molar refractivity (Wildman–Crippen MR) is 117 cm³/mol. The van der Waals surface area contributed by atoms with Gasteiger partial charge in [-0.2, -0.15) is 0 Å². The van der Waals surface area contributed by atoms with Gasteiger partial charge in [-0.05, 0) is 35.8 Å². The van der Waals surface area contributed by atoms with Gasteiger partial charge in [0, 0.05) is 43.4 Å². The number of carbonyl (C=O) groups is 4. The Morgan fingerprint density at radius 2 is 2.06 bits per heavy atom. The van der Waals surface area contributed by atoms with Gasteiger partial charge in [0.1, 0.15) is 10.3 Å². The average molecular weight is 506 g/mol. The summed E-state index contributed by atoms with van der Waals surface area (Å²) in [7, 11) is 3.09. The van der Waals surface area contributed by atoms with Crippen LogP contribution in [0.15, 0.2) is 29.4 Å². The van der Waals surface area contributed by atoms with Gasteiger partial charge >= 0.3 is 5.97 Å². The lowest BCUT2D eigenvalue weighted by Gasteiger charge is -2.13. The first-order valence-electron chi connectivity index (χ1n) is 9.69. The van der Waals surface area contributed by atoms with Crippen molar-refractivity contribution in [2.24, 2.45) is 0 Å². The van der Waals surface area contributed by atoms with E-state index in [0.29, 0.717) is 55.1 Å². The summed E-state index contributed by atoms with van der Waals surface area (Å²) in [6.07, 6.45) is 3.77. The van der Waals surface area contributed by atoms with Crippen LogP contribution in [0.2, 0.25) is 0 Å². The van der Waals surface area contributed by atoms with E-state index >= 15 is 0 Å². The van der Waals surface area contributed by atoms with E-state index in [-0.39, 0.29) is 18.7 Å². The normalized spacial score (nSPS) is 15.8. The number of hydrogen-bond donors (Lipinski definition) is 2. The molecule has 3 amide bonds. The number of amides is 3. The summed E-state index contributed by atoms with van der Waals surface area (Å²) >= 11 is 0.446. The molecule has 1 saturated heterocycles. The number of hydroxylamine groups is 2. The van der Waals surface area contributed by atoms with Gasteiger partial charge in [0.15, 0.2) is 0 Å². The summed E-state index contributed by atoms with van der Waals surface area (Å²) in [5.74, 6) is -1.51. The molecule has 176 valence electrons. The number of rotatable bonds is 15. The molecule has 0 aliphatic carbocycles. The molecule has 1 aliphatic rings. The first kappa shape index (κ1) is 26.4. The minimum absolute atomic E-state index is 0.0282. The number of pyridine rings is 1. The van der Waals surface area contributed by atoms with Crippen molar-refractivity contribution in [2.75, 3.05) is 12.3 Å². The molecule has 11 nitrogen and oxygen atoms in total. The van der Waals surface area contributed by atoms with Gasteiger partial charge < -0.3 is 10.2 Å². The topological polar surface area (TPSA) is 144 Å². The first-order chi connectivity index (χ1) is 15.5. The molecule has 2 heterocycles. The standard InChI is InChI=1S/C18H23N3O8S3/c22-14(8-11-30-32-15-6-3-5-10-20-15)19-9-4-1-2-7-17(24)27-21-16(23)12-13(18(21)25)31-29-28-26/h3,5-6,10,13,26H,1-2,4,7-9,11-12H2,(H,19,22). The third kappa shape index (κ3) is 9.75. The highest BCUT2D eigenvalue weighted by Crippen LogP contribution is 2.29. The Labute approximate surface area is 196 Å². The van der Waals surface area contributed by atoms with E-state index in [4.69, 9.17) is 10.1 Å². The molecule has 0 spiro atoms. The fourth-order valence-corrected chi connectivity index (χ4v) is 4.87. The van der Waals surface area contributed by atoms with Gasteiger partial charge in [-0.15, -0.1) is 9.40 Å². The van der Waals surface area contributed by atoms with Crippen LogP contribution in [0, 0.1) is 0 Å². The van der Waals surface area contributed by atoms with E-state index in [2.05, 4.69) is 19.7 Å². The number of nitrogens with zero attached hydrogens (tertiary/aromatic N) is 2. The Bertz CT molecular complexity index is 771. The maximum absolute atomic E-state index is 11.9. The molecule has 1 unspecified atom stereocenters. The van der Waals surface area contributed by atoms with Crippen molar-refractivity contribution in [3.8, 4) is 0 Å². The van der Waals surface area contributed by atoms with Gasteiger partial charge in [-0.25, -0.2) is 15.0 Å². The van der Waals surface area contributed by atoms with Gasteiger partial charge in [-0.3, -0.25) is 14.4 Å². The Kier molecular flexibility index (Phi) is 12.4. The molecule has 0 radical (unpaired) electrons. The molecule has 14 heteroatoms. The third-order valence-corrected chi connectivity index (χ3v) is 7.02. The summed E-state index contributed by atoms with van der Waals surface area (Å²) in [5, 5.41) is 14.7. The summed E-state index contributed by atoms with van der Waals surface area (Å²) in [5.41, 5.74) is 0. The molecular weight excluding hydrogens is 482 g/mol. The second-order valence-corrected chi connectivity index (χ2v) is 9.74. The highest BCUT2D eigenvalue weighted by atomic mass is 33.1. The lowest BCUT2D eigenvalue weighted by atomic mass is 10.2. The van der Waals surface area contributed by atoms with Crippen LogP contribution in [0.4, 0.5) is 0 Å². The molecule has 0 bridgehead atoms. The Morgan fingerprint density at radius 3 is 2.81 bits per heavy atom. The lowest BCUT2D eigenvalue weighted by molar-refractivity contribution is -0.432. The molecule has 1 aliphatic heterocycles. The van der Waals surface area contributed by atoms with E-state index < -0.39 is 23.0 Å². The monoisotopic (exact) mass is 505 g/mol. The van der Waals surface area contributed by atoms with Crippen molar-refractivity contribution in [1.82, 2.24) is 15.4 Å². The van der Waals surface area contributed by atoms with Crippen LogP contribution >= 0.6 is 33.6 Å². The van der Waals surface area contributed by atoms with Crippen molar-refractivity contribution in [2.45, 2.75) is 48.8 Å². The van der Waals surface area contributed by atoms with Gasteiger partial charge in [-0.1, -0.05) is 28.3 Å². The molecule has 1 aromatic heterocycles. The number of aromatic nitrogens is 1. The minimum atomic E-state index is -0.960. The zero-order valence-electron chi connectivity index (χ0n) is 17.0. The molecule has 0 saturated carbocycles. The number of hydrogen-bond acceptors (Lipinski definition) is 12. The predicted octanol–water partition coefficient (Wildman–Crippen LogP) is 2.54. The minimum Gasteiger partial charge on any atom is -0.356 e. The Morgan fingerprint density at radius 1 is 1.22 bits per heavy atom. The highest BCUT2D eigenvalue weighted by Gasteiger charge is 2.43. The highest BCUT2D eigenvalue weighted by molar-refractivity contribution is 8.76. The summed E-state index contributed by atoms with van der Waals surface area (Å²) in [6, 6.07) is 5.67. The van der Waals surface area contributed by atoms with Crippen molar-refractivity contribution < 1.29 is 38.6 Å². The van der Waals surface area contributed by atoms with Crippen molar-refractivity contribution >= 4 is 57.3 Å². The van der Waals surface area contributed by atoms with Crippen LogP contribution in [0.1, 0.15) is 38.5 Å². The fraction of sp³-hybridized carbons (Fsp3) is 0.500. The SMILES string of the molecule is O=C(CCSSc1ccccn1)NCCCCCC(=O)ON1C(=O)CC(SOOO)C1=O. The number of unbranched alkanes of at least 4 members (excludes halogenated alkanes) is 2. The number of carbonyl (C=O) groups excluding carboxylic acids is 4. The summed E-state index contributed by atoms with van der Waals surface area (Å²) in [4.78, 5) is 56.4. The molecule has 1 atom stereocenters. The molecule has 2 rings (SSSR count). The van der Waals surface area contributed by atoms with E-state index in [1.54, 1.807) is 17.0 Å². The van der Waals surface area contributed by atoms with Crippen LogP contribution in [-0.2, 0) is 33.4 Å². The number of nitrogens with one attached hydrogen (secondary N) is 1. The van der Waals surface area contributed by atoms with Gasteiger partial charge in [0.25, 0.3) is 11.8 Å². The molecular formula is C18H23N3O8S3. The van der Waals surface area contributed by atoms with Crippen LogP contribution in [0.25, 0.3) is 0 Å². The van der Waals surface area contributed by atoms with Gasteiger partial charge in [0.2, 0.25) is 5.91 Å².